The molecule has 3 rings (SSSR count). The summed E-state index contributed by atoms with van der Waals surface area (Å²) in [4.78, 5) is 22.2. The molecule has 1 N–H and O–H groups in total. The smallest absolute Gasteiger partial charge is 0.227 e. The van der Waals surface area contributed by atoms with Gasteiger partial charge >= 0.3 is 0 Å². The molecule has 1 aromatic carbocycles. The Kier molecular flexibility index (Phi) is 3.81. The van der Waals surface area contributed by atoms with Gasteiger partial charge in [0.25, 0.3) is 0 Å². The van der Waals surface area contributed by atoms with Crippen molar-refractivity contribution in [1.82, 2.24) is 9.97 Å². The van der Waals surface area contributed by atoms with Crippen molar-refractivity contribution in [3.8, 4) is 5.75 Å². The van der Waals surface area contributed by atoms with E-state index in [9.17, 15) is 9.90 Å². The van der Waals surface area contributed by atoms with E-state index in [2.05, 4.69) is 9.97 Å². The zero-order valence-electron chi connectivity index (χ0n) is 11.7. The second-order valence-electron chi connectivity index (χ2n) is 5.13. The van der Waals surface area contributed by atoms with Crippen LogP contribution in [0.4, 0.5) is 5.69 Å². The van der Waals surface area contributed by atoms with Gasteiger partial charge in [0, 0.05) is 24.9 Å². The average Bonchev–Trinajstić information content (AvgIpc) is 2.53. The highest BCUT2D eigenvalue weighted by molar-refractivity contribution is 5.96. The minimum absolute atomic E-state index is 0.0241. The summed E-state index contributed by atoms with van der Waals surface area (Å²) in [6, 6.07) is 7.24. The molecular formula is C16H17N3O2. The van der Waals surface area contributed by atoms with Gasteiger partial charge in [-0.25, -0.2) is 9.97 Å². The number of hydrogen-bond acceptors (Lipinski definition) is 4. The molecule has 0 aliphatic carbocycles. The van der Waals surface area contributed by atoms with E-state index in [1.54, 1.807) is 17.2 Å². The number of nitrogens with zero attached hydrogens (tertiary/aromatic N) is 3. The molecule has 0 fully saturated rings. The Morgan fingerprint density at radius 3 is 3.05 bits per heavy atom. The number of aromatic nitrogens is 2. The summed E-state index contributed by atoms with van der Waals surface area (Å²) in [7, 11) is 0. The number of hydrogen-bond donors (Lipinski definition) is 1. The molecule has 0 bridgehead atoms. The number of phenols is 1. The lowest BCUT2D eigenvalue weighted by atomic mass is 10.0. The van der Waals surface area contributed by atoms with Gasteiger partial charge < -0.3 is 10.0 Å². The first kappa shape index (κ1) is 13.5. The lowest BCUT2D eigenvalue weighted by Gasteiger charge is -2.30. The van der Waals surface area contributed by atoms with E-state index in [0.29, 0.717) is 25.1 Å². The summed E-state index contributed by atoms with van der Waals surface area (Å²) in [5.41, 5.74) is 2.57. The number of fused-ring (bicyclic) bond motifs is 1. The standard InChI is InChI=1S/C16H17N3O2/c20-14-5-1-3-12-4-2-10-19(16(12)14)15(21)7-6-13-8-9-17-11-18-13/h1,3,5,8-9,11,20H,2,4,6-7,10H2. The predicted molar refractivity (Wildman–Crippen MR) is 79.1 cm³/mol. The van der Waals surface area contributed by atoms with Gasteiger partial charge in [-0.1, -0.05) is 12.1 Å². The molecule has 5 heteroatoms. The maximum Gasteiger partial charge on any atom is 0.227 e. The molecule has 1 amide bonds. The van der Waals surface area contributed by atoms with Crippen LogP contribution in [0.15, 0.2) is 36.8 Å². The van der Waals surface area contributed by atoms with Crippen molar-refractivity contribution in [2.24, 2.45) is 0 Å². The number of carbonyl (C=O) groups excluding carboxylic acids is 1. The molecule has 1 aliphatic rings. The Hall–Kier alpha value is -2.43. The van der Waals surface area contributed by atoms with Gasteiger partial charge in [-0.05, 0) is 37.0 Å². The summed E-state index contributed by atoms with van der Waals surface area (Å²) in [6.45, 7) is 0.660. The number of rotatable bonds is 3. The molecule has 0 radical (unpaired) electrons. The molecule has 108 valence electrons. The minimum Gasteiger partial charge on any atom is -0.506 e. The number of phenolic OH excluding ortho intramolecular Hbond substituents is 1. The van der Waals surface area contributed by atoms with E-state index in [4.69, 9.17) is 0 Å². The summed E-state index contributed by atoms with van der Waals surface area (Å²) in [5, 5.41) is 10.0. The van der Waals surface area contributed by atoms with Crippen molar-refractivity contribution in [2.45, 2.75) is 25.7 Å². The third kappa shape index (κ3) is 2.86. The Morgan fingerprint density at radius 2 is 2.24 bits per heavy atom. The molecule has 1 aromatic heterocycles. The third-order valence-electron chi connectivity index (χ3n) is 3.74. The van der Waals surface area contributed by atoms with Crippen LogP contribution in [0.5, 0.6) is 5.75 Å². The van der Waals surface area contributed by atoms with Crippen LogP contribution in [0.25, 0.3) is 0 Å². The first-order valence-corrected chi connectivity index (χ1v) is 7.12. The normalized spacial score (nSPS) is 13.8. The van der Waals surface area contributed by atoms with E-state index in [1.165, 1.54) is 6.33 Å². The molecule has 5 nitrogen and oxygen atoms in total. The molecule has 0 saturated heterocycles. The van der Waals surface area contributed by atoms with Gasteiger partial charge in [-0.2, -0.15) is 0 Å². The summed E-state index contributed by atoms with van der Waals surface area (Å²) in [6.07, 6.45) is 5.96. The maximum absolute atomic E-state index is 12.5. The lowest BCUT2D eigenvalue weighted by Crippen LogP contribution is -2.35. The Labute approximate surface area is 123 Å². The van der Waals surface area contributed by atoms with Gasteiger partial charge in [-0.3, -0.25) is 4.79 Å². The van der Waals surface area contributed by atoms with Crippen LogP contribution in [-0.2, 0) is 17.6 Å². The number of aromatic hydroxyl groups is 1. The molecule has 21 heavy (non-hydrogen) atoms. The summed E-state index contributed by atoms with van der Waals surface area (Å²) >= 11 is 0. The summed E-state index contributed by atoms with van der Waals surface area (Å²) < 4.78 is 0. The zero-order chi connectivity index (χ0) is 14.7. The first-order valence-electron chi connectivity index (χ1n) is 7.12. The Balaban J connectivity index is 1.75. The van der Waals surface area contributed by atoms with E-state index < -0.39 is 0 Å². The fourth-order valence-electron chi connectivity index (χ4n) is 2.72. The minimum atomic E-state index is 0.0241. The SMILES string of the molecule is O=C(CCc1ccncn1)N1CCCc2cccc(O)c21. The molecule has 0 saturated carbocycles. The van der Waals surface area contributed by atoms with Crippen LogP contribution in [0.3, 0.4) is 0 Å². The number of amides is 1. The quantitative estimate of drug-likeness (QED) is 0.936. The Bertz CT molecular complexity index is 643. The van der Waals surface area contributed by atoms with Crippen LogP contribution < -0.4 is 4.90 Å². The van der Waals surface area contributed by atoms with Crippen LogP contribution in [0, 0.1) is 0 Å². The van der Waals surface area contributed by atoms with Crippen molar-refractivity contribution in [1.29, 1.82) is 0 Å². The van der Waals surface area contributed by atoms with Crippen LogP contribution in [0.2, 0.25) is 0 Å². The Morgan fingerprint density at radius 1 is 1.33 bits per heavy atom. The van der Waals surface area contributed by atoms with Crippen molar-refractivity contribution in [2.75, 3.05) is 11.4 Å². The van der Waals surface area contributed by atoms with E-state index in [0.717, 1.165) is 24.1 Å². The van der Waals surface area contributed by atoms with Crippen LogP contribution >= 0.6 is 0 Å². The van der Waals surface area contributed by atoms with Crippen LogP contribution in [0.1, 0.15) is 24.1 Å². The van der Waals surface area contributed by atoms with E-state index in [1.807, 2.05) is 18.2 Å². The molecule has 0 spiro atoms. The molecule has 0 atom stereocenters. The number of benzene rings is 1. The van der Waals surface area contributed by atoms with Gasteiger partial charge in [0.1, 0.15) is 12.1 Å². The zero-order valence-corrected chi connectivity index (χ0v) is 11.7. The van der Waals surface area contributed by atoms with E-state index in [-0.39, 0.29) is 11.7 Å². The average molecular weight is 283 g/mol. The number of aryl methyl sites for hydroxylation is 2. The second-order valence-corrected chi connectivity index (χ2v) is 5.13. The van der Waals surface area contributed by atoms with E-state index >= 15 is 0 Å². The number of carbonyl (C=O) groups is 1. The van der Waals surface area contributed by atoms with Crippen molar-refractivity contribution in [3.05, 3.63) is 48.0 Å². The van der Waals surface area contributed by atoms with Gasteiger partial charge in [0.2, 0.25) is 5.91 Å². The van der Waals surface area contributed by atoms with Crippen LogP contribution in [-0.4, -0.2) is 27.5 Å². The fourth-order valence-corrected chi connectivity index (χ4v) is 2.72. The second kappa shape index (κ2) is 5.91. The maximum atomic E-state index is 12.5. The first-order chi connectivity index (χ1) is 10.3. The largest absolute Gasteiger partial charge is 0.506 e. The highest BCUT2D eigenvalue weighted by Gasteiger charge is 2.24. The van der Waals surface area contributed by atoms with Gasteiger partial charge in [0.05, 0.1) is 5.69 Å². The molecule has 2 heterocycles. The molecule has 0 unspecified atom stereocenters. The number of para-hydroxylation sites is 1. The van der Waals surface area contributed by atoms with Gasteiger partial charge in [-0.15, -0.1) is 0 Å². The third-order valence-corrected chi connectivity index (χ3v) is 3.74. The highest BCUT2D eigenvalue weighted by atomic mass is 16.3. The molecular weight excluding hydrogens is 266 g/mol. The van der Waals surface area contributed by atoms with Gasteiger partial charge in [0.15, 0.2) is 0 Å². The van der Waals surface area contributed by atoms with Crippen molar-refractivity contribution >= 4 is 11.6 Å². The lowest BCUT2D eigenvalue weighted by molar-refractivity contribution is -0.118. The number of anilines is 1. The predicted octanol–water partition coefficient (Wildman–Crippen LogP) is 2.09. The molecule has 1 aliphatic heterocycles. The topological polar surface area (TPSA) is 66.3 Å². The monoisotopic (exact) mass is 283 g/mol. The summed E-state index contributed by atoms with van der Waals surface area (Å²) in [5.74, 6) is 0.207. The molecule has 2 aromatic rings. The van der Waals surface area contributed by atoms with Crippen molar-refractivity contribution in [3.63, 3.8) is 0 Å². The highest BCUT2D eigenvalue weighted by Crippen LogP contribution is 2.35. The van der Waals surface area contributed by atoms with Crippen molar-refractivity contribution < 1.29 is 9.90 Å². The fraction of sp³-hybridized carbons (Fsp3) is 0.312.